The molecule has 7 heteroatoms. The molecule has 1 aromatic heterocycles. The van der Waals surface area contributed by atoms with Crippen LogP contribution in [0, 0.1) is 11.3 Å². The molecule has 0 radical (unpaired) electrons. The normalized spacial score (nSPS) is 9.96. The van der Waals surface area contributed by atoms with Crippen LogP contribution >= 0.6 is 0 Å². The fraction of sp³-hybridized carbons (Fsp3) is 0.0588. The Hall–Kier alpha value is -3.66. The quantitative estimate of drug-likeness (QED) is 0.780. The van der Waals surface area contributed by atoms with Gasteiger partial charge in [0, 0.05) is 11.8 Å². The molecule has 1 amide bonds. The van der Waals surface area contributed by atoms with Gasteiger partial charge in [0.2, 0.25) is 11.7 Å². The Bertz CT molecular complexity index is 883. The van der Waals surface area contributed by atoms with Gasteiger partial charge in [0.05, 0.1) is 0 Å². The van der Waals surface area contributed by atoms with Crippen molar-refractivity contribution in [3.8, 4) is 17.6 Å². The number of nitrogens with zero attached hydrogens (tertiary/aromatic N) is 4. The molecule has 0 fully saturated rings. The van der Waals surface area contributed by atoms with Crippen molar-refractivity contribution in [3.63, 3.8) is 0 Å². The summed E-state index contributed by atoms with van der Waals surface area (Å²) in [6, 6.07) is 18.3. The second-order valence-corrected chi connectivity index (χ2v) is 4.89. The third-order valence-corrected chi connectivity index (χ3v) is 3.13. The highest BCUT2D eigenvalue weighted by Crippen LogP contribution is 2.23. The van der Waals surface area contributed by atoms with Crippen LogP contribution < -0.4 is 10.1 Å². The lowest BCUT2D eigenvalue weighted by Crippen LogP contribution is -2.19. The molecule has 0 aliphatic rings. The number of anilines is 1. The van der Waals surface area contributed by atoms with E-state index in [9.17, 15) is 4.79 Å². The standard InChI is InChI=1S/C17H13N5O2/c18-10-16-21-19-12-22(16)11-17(23)20-13-5-4-8-15(9-13)24-14-6-2-1-3-7-14/h1-9,12H,11H2,(H,20,23). The van der Waals surface area contributed by atoms with Crippen LogP contribution in [0.3, 0.4) is 0 Å². The van der Waals surface area contributed by atoms with Gasteiger partial charge in [-0.2, -0.15) is 5.26 Å². The number of hydrogen-bond acceptors (Lipinski definition) is 5. The highest BCUT2D eigenvalue weighted by atomic mass is 16.5. The minimum Gasteiger partial charge on any atom is -0.457 e. The predicted octanol–water partition coefficient (Wildman–Crippen LogP) is 2.58. The molecule has 118 valence electrons. The molecule has 24 heavy (non-hydrogen) atoms. The van der Waals surface area contributed by atoms with E-state index in [1.807, 2.05) is 36.4 Å². The fourth-order valence-electron chi connectivity index (χ4n) is 2.07. The summed E-state index contributed by atoms with van der Waals surface area (Å²) in [6.07, 6.45) is 1.34. The van der Waals surface area contributed by atoms with Crippen molar-refractivity contribution < 1.29 is 9.53 Å². The summed E-state index contributed by atoms with van der Waals surface area (Å²) in [5.41, 5.74) is 0.597. The van der Waals surface area contributed by atoms with Crippen molar-refractivity contribution in [3.05, 3.63) is 66.7 Å². The van der Waals surface area contributed by atoms with E-state index in [0.29, 0.717) is 17.2 Å². The van der Waals surface area contributed by atoms with E-state index in [1.165, 1.54) is 10.9 Å². The summed E-state index contributed by atoms with van der Waals surface area (Å²) in [6.45, 7) is -0.0420. The smallest absolute Gasteiger partial charge is 0.244 e. The molecule has 1 heterocycles. The van der Waals surface area contributed by atoms with Gasteiger partial charge in [-0.3, -0.25) is 9.36 Å². The number of carbonyl (C=O) groups is 1. The van der Waals surface area contributed by atoms with Crippen LogP contribution in [0.25, 0.3) is 0 Å². The molecule has 7 nitrogen and oxygen atoms in total. The second kappa shape index (κ2) is 7.07. The molecule has 0 atom stereocenters. The molecule has 0 saturated carbocycles. The molecule has 0 bridgehead atoms. The number of aromatic nitrogens is 3. The molecule has 3 rings (SSSR count). The lowest BCUT2D eigenvalue weighted by molar-refractivity contribution is -0.116. The zero-order valence-corrected chi connectivity index (χ0v) is 12.6. The van der Waals surface area contributed by atoms with Crippen LogP contribution in [0.4, 0.5) is 5.69 Å². The lowest BCUT2D eigenvalue weighted by atomic mass is 10.3. The molecular weight excluding hydrogens is 306 g/mol. The highest BCUT2D eigenvalue weighted by Gasteiger charge is 2.09. The van der Waals surface area contributed by atoms with E-state index in [0.717, 1.165) is 0 Å². The zero-order chi connectivity index (χ0) is 16.8. The molecule has 0 unspecified atom stereocenters. The minimum atomic E-state index is -0.289. The van der Waals surface area contributed by atoms with Crippen molar-refractivity contribution in [1.29, 1.82) is 5.26 Å². The van der Waals surface area contributed by atoms with E-state index in [2.05, 4.69) is 15.5 Å². The number of amides is 1. The van der Waals surface area contributed by atoms with Gasteiger partial charge in [0.25, 0.3) is 0 Å². The van der Waals surface area contributed by atoms with Crippen molar-refractivity contribution in [2.75, 3.05) is 5.32 Å². The number of nitriles is 1. The molecule has 0 aliphatic carbocycles. The van der Waals surface area contributed by atoms with E-state index in [4.69, 9.17) is 10.00 Å². The van der Waals surface area contributed by atoms with Gasteiger partial charge in [-0.1, -0.05) is 24.3 Å². The monoisotopic (exact) mass is 319 g/mol. The van der Waals surface area contributed by atoms with E-state index in [-0.39, 0.29) is 18.3 Å². The molecule has 1 N–H and O–H groups in total. The van der Waals surface area contributed by atoms with Crippen LogP contribution in [0.5, 0.6) is 11.5 Å². The van der Waals surface area contributed by atoms with Crippen LogP contribution in [-0.4, -0.2) is 20.7 Å². The highest BCUT2D eigenvalue weighted by molar-refractivity contribution is 5.90. The first-order valence-corrected chi connectivity index (χ1v) is 7.15. The average Bonchev–Trinajstić information content (AvgIpc) is 3.03. The van der Waals surface area contributed by atoms with Gasteiger partial charge in [0.15, 0.2) is 0 Å². The number of rotatable bonds is 5. The van der Waals surface area contributed by atoms with Crippen molar-refractivity contribution >= 4 is 11.6 Å². The van der Waals surface area contributed by atoms with Gasteiger partial charge in [-0.15, -0.1) is 10.2 Å². The first kappa shape index (κ1) is 15.2. The topological polar surface area (TPSA) is 92.8 Å². The summed E-state index contributed by atoms with van der Waals surface area (Å²) in [4.78, 5) is 12.1. The minimum absolute atomic E-state index is 0.0420. The van der Waals surface area contributed by atoms with E-state index in [1.54, 1.807) is 24.3 Å². The third kappa shape index (κ3) is 3.75. The van der Waals surface area contributed by atoms with Gasteiger partial charge < -0.3 is 10.1 Å². The summed E-state index contributed by atoms with van der Waals surface area (Å²) in [7, 11) is 0. The molecule has 2 aromatic carbocycles. The van der Waals surface area contributed by atoms with Crippen LogP contribution in [0.15, 0.2) is 60.9 Å². The largest absolute Gasteiger partial charge is 0.457 e. The molecule has 3 aromatic rings. The molecule has 0 saturated heterocycles. The summed E-state index contributed by atoms with van der Waals surface area (Å²) >= 11 is 0. The molecular formula is C17H13N5O2. The summed E-state index contributed by atoms with van der Waals surface area (Å²) in [5, 5.41) is 18.8. The lowest BCUT2D eigenvalue weighted by Gasteiger charge is -2.09. The van der Waals surface area contributed by atoms with Crippen molar-refractivity contribution in [2.45, 2.75) is 6.54 Å². The molecule has 0 spiro atoms. The van der Waals surface area contributed by atoms with Crippen molar-refractivity contribution in [2.24, 2.45) is 0 Å². The SMILES string of the molecule is N#Cc1nncn1CC(=O)Nc1cccc(Oc2ccccc2)c1. The Morgan fingerprint density at radius 1 is 1.17 bits per heavy atom. The van der Waals surface area contributed by atoms with Gasteiger partial charge in [-0.05, 0) is 24.3 Å². The van der Waals surface area contributed by atoms with E-state index < -0.39 is 0 Å². The average molecular weight is 319 g/mol. The number of para-hydroxylation sites is 1. The zero-order valence-electron chi connectivity index (χ0n) is 12.6. The Labute approximate surface area is 138 Å². The Balaban J connectivity index is 1.66. The van der Waals surface area contributed by atoms with Crippen LogP contribution in [0.2, 0.25) is 0 Å². The van der Waals surface area contributed by atoms with Crippen molar-refractivity contribution in [1.82, 2.24) is 14.8 Å². The van der Waals surface area contributed by atoms with Crippen LogP contribution in [-0.2, 0) is 11.3 Å². The maximum atomic E-state index is 12.1. The Morgan fingerprint density at radius 2 is 1.96 bits per heavy atom. The first-order chi connectivity index (χ1) is 11.7. The predicted molar refractivity (Wildman–Crippen MR) is 86.3 cm³/mol. The maximum absolute atomic E-state index is 12.1. The summed E-state index contributed by atoms with van der Waals surface area (Å²) in [5.74, 6) is 1.12. The Morgan fingerprint density at radius 3 is 2.75 bits per heavy atom. The van der Waals surface area contributed by atoms with E-state index >= 15 is 0 Å². The van der Waals surface area contributed by atoms with Gasteiger partial charge >= 0.3 is 0 Å². The third-order valence-electron chi connectivity index (χ3n) is 3.13. The summed E-state index contributed by atoms with van der Waals surface area (Å²) < 4.78 is 7.10. The Kier molecular flexibility index (Phi) is 4.49. The van der Waals surface area contributed by atoms with Crippen LogP contribution in [0.1, 0.15) is 5.82 Å². The number of hydrogen-bond donors (Lipinski definition) is 1. The van der Waals surface area contributed by atoms with Gasteiger partial charge in [-0.25, -0.2) is 0 Å². The number of nitrogens with one attached hydrogen (secondary N) is 1. The maximum Gasteiger partial charge on any atom is 0.244 e. The second-order valence-electron chi connectivity index (χ2n) is 4.89. The number of ether oxygens (including phenoxy) is 1. The molecule has 0 aliphatic heterocycles. The first-order valence-electron chi connectivity index (χ1n) is 7.15. The number of benzene rings is 2. The van der Waals surface area contributed by atoms with Gasteiger partial charge in [0.1, 0.15) is 30.4 Å². The fourth-order valence-corrected chi connectivity index (χ4v) is 2.07. The number of carbonyl (C=O) groups excluding carboxylic acids is 1.